The second-order valence-corrected chi connectivity index (χ2v) is 9.34. The molecule has 1 fully saturated rings. The number of hydrogen-bond donors (Lipinski definition) is 1. The third kappa shape index (κ3) is 4.97. The van der Waals surface area contributed by atoms with Crippen molar-refractivity contribution in [3.63, 3.8) is 0 Å². The van der Waals surface area contributed by atoms with Crippen LogP contribution in [-0.2, 0) is 20.6 Å². The minimum Gasteiger partial charge on any atom is -0.326 e. The first-order chi connectivity index (χ1) is 13.2. The maximum absolute atomic E-state index is 13.0. The summed E-state index contributed by atoms with van der Waals surface area (Å²) in [7, 11) is -3.57. The lowest BCUT2D eigenvalue weighted by atomic mass is 9.98. The Morgan fingerprint density at radius 1 is 1.14 bits per heavy atom. The van der Waals surface area contributed by atoms with Crippen LogP contribution in [0.4, 0.5) is 10.1 Å². The first-order valence-electron chi connectivity index (χ1n) is 9.35. The smallest absolute Gasteiger partial charge is 0.228 e. The van der Waals surface area contributed by atoms with E-state index in [1.807, 2.05) is 32.0 Å². The van der Waals surface area contributed by atoms with Crippen molar-refractivity contribution in [3.8, 4) is 0 Å². The van der Waals surface area contributed by atoms with Gasteiger partial charge in [-0.3, -0.25) is 4.79 Å². The average Bonchev–Trinajstić information content (AvgIpc) is 2.66. The van der Waals surface area contributed by atoms with E-state index >= 15 is 0 Å². The number of aryl methyl sites for hydroxylation is 2. The summed E-state index contributed by atoms with van der Waals surface area (Å²) < 4.78 is 39.9. The Morgan fingerprint density at radius 3 is 2.54 bits per heavy atom. The van der Waals surface area contributed by atoms with Gasteiger partial charge in [-0.15, -0.1) is 0 Å². The Morgan fingerprint density at radius 2 is 1.86 bits per heavy atom. The standard InChI is InChI=1S/C21H25FN2O3S/c1-15-5-10-20(12-16(15)2)23-21(25)18-4-3-11-24(13-18)28(26,27)14-17-6-8-19(22)9-7-17/h5-10,12,18H,3-4,11,13-14H2,1-2H3,(H,23,25)/t18-/m1/s1. The lowest BCUT2D eigenvalue weighted by Crippen LogP contribution is -2.44. The molecule has 1 amide bonds. The Bertz CT molecular complexity index is 958. The predicted octanol–water partition coefficient (Wildman–Crippen LogP) is 3.62. The van der Waals surface area contributed by atoms with Crippen LogP contribution in [0.2, 0.25) is 0 Å². The van der Waals surface area contributed by atoms with Gasteiger partial charge in [0, 0.05) is 18.8 Å². The first-order valence-corrected chi connectivity index (χ1v) is 11.0. The molecular weight excluding hydrogens is 379 g/mol. The van der Waals surface area contributed by atoms with Gasteiger partial charge < -0.3 is 5.32 Å². The van der Waals surface area contributed by atoms with Crippen LogP contribution in [0.15, 0.2) is 42.5 Å². The highest BCUT2D eigenvalue weighted by Gasteiger charge is 2.32. The molecule has 1 saturated heterocycles. The number of anilines is 1. The van der Waals surface area contributed by atoms with Gasteiger partial charge >= 0.3 is 0 Å². The number of sulfonamides is 1. The lowest BCUT2D eigenvalue weighted by molar-refractivity contribution is -0.120. The van der Waals surface area contributed by atoms with E-state index in [0.29, 0.717) is 24.9 Å². The van der Waals surface area contributed by atoms with E-state index in [0.717, 1.165) is 16.8 Å². The van der Waals surface area contributed by atoms with Gasteiger partial charge in [-0.25, -0.2) is 17.1 Å². The number of benzene rings is 2. The normalized spacial score (nSPS) is 18.0. The largest absolute Gasteiger partial charge is 0.326 e. The quantitative estimate of drug-likeness (QED) is 0.828. The van der Waals surface area contributed by atoms with Gasteiger partial charge in [0.15, 0.2) is 0 Å². The van der Waals surface area contributed by atoms with Gasteiger partial charge in [-0.1, -0.05) is 18.2 Å². The fraction of sp³-hybridized carbons (Fsp3) is 0.381. The Labute approximate surface area is 165 Å². The molecule has 1 aliphatic rings. The van der Waals surface area contributed by atoms with Gasteiger partial charge in [-0.05, 0) is 67.6 Å². The molecule has 28 heavy (non-hydrogen) atoms. The second kappa shape index (κ2) is 8.41. The summed E-state index contributed by atoms with van der Waals surface area (Å²) in [4.78, 5) is 12.7. The number of nitrogens with one attached hydrogen (secondary N) is 1. The highest BCUT2D eigenvalue weighted by Crippen LogP contribution is 2.23. The topological polar surface area (TPSA) is 66.5 Å². The number of piperidine rings is 1. The number of carbonyl (C=O) groups is 1. The van der Waals surface area contributed by atoms with Gasteiger partial charge in [-0.2, -0.15) is 0 Å². The minimum absolute atomic E-state index is 0.162. The van der Waals surface area contributed by atoms with Crippen LogP contribution in [0.5, 0.6) is 0 Å². The number of hydrogen-bond acceptors (Lipinski definition) is 3. The molecule has 0 saturated carbocycles. The van der Waals surface area contributed by atoms with E-state index in [-0.39, 0.29) is 18.2 Å². The van der Waals surface area contributed by atoms with Crippen LogP contribution in [0, 0.1) is 25.6 Å². The highest BCUT2D eigenvalue weighted by molar-refractivity contribution is 7.88. The molecule has 1 aliphatic heterocycles. The number of rotatable bonds is 5. The van der Waals surface area contributed by atoms with Crippen molar-refractivity contribution in [3.05, 3.63) is 65.0 Å². The predicted molar refractivity (Wildman–Crippen MR) is 108 cm³/mol. The fourth-order valence-electron chi connectivity index (χ4n) is 3.36. The summed E-state index contributed by atoms with van der Waals surface area (Å²) in [5.41, 5.74) is 3.49. The number of halogens is 1. The van der Waals surface area contributed by atoms with Gasteiger partial charge in [0.1, 0.15) is 5.82 Å². The van der Waals surface area contributed by atoms with Gasteiger partial charge in [0.25, 0.3) is 0 Å². The van der Waals surface area contributed by atoms with Crippen LogP contribution in [-0.4, -0.2) is 31.7 Å². The van der Waals surface area contributed by atoms with E-state index in [1.54, 1.807) is 0 Å². The molecule has 0 bridgehead atoms. The molecule has 7 heteroatoms. The van der Waals surface area contributed by atoms with Crippen molar-refractivity contribution < 1.29 is 17.6 Å². The SMILES string of the molecule is Cc1ccc(NC(=O)[C@@H]2CCCN(S(=O)(=O)Cc3ccc(F)cc3)C2)cc1C. The van der Waals surface area contributed by atoms with Crippen molar-refractivity contribution in [2.24, 2.45) is 5.92 Å². The molecular formula is C21H25FN2O3S. The highest BCUT2D eigenvalue weighted by atomic mass is 32.2. The van der Waals surface area contributed by atoms with E-state index in [1.165, 1.54) is 28.6 Å². The molecule has 5 nitrogen and oxygen atoms in total. The maximum atomic E-state index is 13.0. The molecule has 0 spiro atoms. The van der Waals surface area contributed by atoms with Crippen LogP contribution in [0.1, 0.15) is 29.5 Å². The molecule has 2 aromatic rings. The van der Waals surface area contributed by atoms with Crippen LogP contribution >= 0.6 is 0 Å². The molecule has 1 atom stereocenters. The third-order valence-electron chi connectivity index (χ3n) is 5.19. The molecule has 0 radical (unpaired) electrons. The first kappa shape index (κ1) is 20.5. The van der Waals surface area contributed by atoms with Crippen LogP contribution < -0.4 is 5.32 Å². The van der Waals surface area contributed by atoms with Crippen molar-refractivity contribution >= 4 is 21.6 Å². The van der Waals surface area contributed by atoms with Gasteiger partial charge in [0.2, 0.25) is 15.9 Å². The van der Waals surface area contributed by atoms with Crippen molar-refractivity contribution in [1.29, 1.82) is 0 Å². The molecule has 0 aromatic heterocycles. The summed E-state index contributed by atoms with van der Waals surface area (Å²) in [6.45, 7) is 4.55. The Balaban J connectivity index is 1.66. The zero-order valence-corrected chi connectivity index (χ0v) is 16.9. The second-order valence-electron chi connectivity index (χ2n) is 7.37. The van der Waals surface area contributed by atoms with Crippen molar-refractivity contribution in [1.82, 2.24) is 4.31 Å². The van der Waals surface area contributed by atoms with Crippen LogP contribution in [0.3, 0.4) is 0 Å². The molecule has 0 aliphatic carbocycles. The summed E-state index contributed by atoms with van der Waals surface area (Å²) >= 11 is 0. The van der Waals surface area contributed by atoms with Gasteiger partial charge in [0.05, 0.1) is 11.7 Å². The maximum Gasteiger partial charge on any atom is 0.228 e. The van der Waals surface area contributed by atoms with E-state index in [4.69, 9.17) is 0 Å². The molecule has 3 rings (SSSR count). The molecule has 0 unspecified atom stereocenters. The summed E-state index contributed by atoms with van der Waals surface area (Å²) in [5, 5.41) is 2.91. The molecule has 150 valence electrons. The van der Waals surface area contributed by atoms with Crippen molar-refractivity contribution in [2.75, 3.05) is 18.4 Å². The summed E-state index contributed by atoms with van der Waals surface area (Å²) in [5.74, 6) is -1.15. The van der Waals surface area contributed by atoms with Crippen molar-refractivity contribution in [2.45, 2.75) is 32.4 Å². The van der Waals surface area contributed by atoms with E-state index in [9.17, 15) is 17.6 Å². The molecule has 1 heterocycles. The number of nitrogens with zero attached hydrogens (tertiary/aromatic N) is 1. The summed E-state index contributed by atoms with van der Waals surface area (Å²) in [6, 6.07) is 11.2. The minimum atomic E-state index is -3.57. The zero-order chi connectivity index (χ0) is 20.3. The average molecular weight is 405 g/mol. The van der Waals surface area contributed by atoms with Crippen LogP contribution in [0.25, 0.3) is 0 Å². The number of carbonyl (C=O) groups excluding carboxylic acids is 1. The molecule has 2 aromatic carbocycles. The summed E-state index contributed by atoms with van der Waals surface area (Å²) in [6.07, 6.45) is 1.28. The van der Waals surface area contributed by atoms with E-state index < -0.39 is 21.8 Å². The Hall–Kier alpha value is -2.25. The monoisotopic (exact) mass is 404 g/mol. The molecule has 1 N–H and O–H groups in total. The zero-order valence-electron chi connectivity index (χ0n) is 16.1. The fourth-order valence-corrected chi connectivity index (χ4v) is 4.97. The number of amides is 1. The lowest BCUT2D eigenvalue weighted by Gasteiger charge is -2.31. The Kier molecular flexibility index (Phi) is 6.15. The van der Waals surface area contributed by atoms with E-state index in [2.05, 4.69) is 5.32 Å². The third-order valence-corrected chi connectivity index (χ3v) is 7.00.